The molecular formula is C14H16F3N5O. The van der Waals surface area contributed by atoms with Gasteiger partial charge in [-0.1, -0.05) is 0 Å². The highest BCUT2D eigenvalue weighted by molar-refractivity contribution is 5.76. The Hall–Kier alpha value is -2.32. The van der Waals surface area contributed by atoms with Crippen LogP contribution in [0.3, 0.4) is 0 Å². The Morgan fingerprint density at radius 3 is 2.83 bits per heavy atom. The highest BCUT2D eigenvalue weighted by atomic mass is 19.4. The Morgan fingerprint density at radius 1 is 1.43 bits per heavy atom. The first-order chi connectivity index (χ1) is 10.8. The van der Waals surface area contributed by atoms with Crippen LogP contribution < -0.4 is 0 Å². The summed E-state index contributed by atoms with van der Waals surface area (Å²) in [6, 6.07) is 0.796. The molecule has 1 fully saturated rings. The fourth-order valence-electron chi connectivity index (χ4n) is 2.85. The maximum Gasteiger partial charge on any atom is 0.435 e. The number of carbonyl (C=O) groups is 1. The van der Waals surface area contributed by atoms with Gasteiger partial charge in [-0.3, -0.25) is 14.2 Å². The minimum atomic E-state index is -4.50. The highest BCUT2D eigenvalue weighted by Crippen LogP contribution is 2.32. The summed E-state index contributed by atoms with van der Waals surface area (Å²) in [5.74, 6) is -0.242. The maximum absolute atomic E-state index is 12.5. The van der Waals surface area contributed by atoms with Gasteiger partial charge in [-0.15, -0.1) is 0 Å². The Kier molecular flexibility index (Phi) is 3.87. The zero-order valence-corrected chi connectivity index (χ0v) is 12.5. The largest absolute Gasteiger partial charge is 0.435 e. The normalized spacial score (nSPS) is 18.6. The summed E-state index contributed by atoms with van der Waals surface area (Å²) in [6.07, 6.45) is 1.93. The molecule has 0 aliphatic carbocycles. The molecule has 124 valence electrons. The maximum atomic E-state index is 12.5. The quantitative estimate of drug-likeness (QED) is 0.866. The van der Waals surface area contributed by atoms with E-state index in [0.717, 1.165) is 29.2 Å². The molecule has 1 aliphatic rings. The zero-order valence-electron chi connectivity index (χ0n) is 12.5. The number of aryl methyl sites for hydroxylation is 1. The summed E-state index contributed by atoms with van der Waals surface area (Å²) in [7, 11) is 1.80. The van der Waals surface area contributed by atoms with Gasteiger partial charge in [-0.05, 0) is 18.9 Å². The Bertz CT molecular complexity index is 705. The number of aromatic nitrogens is 4. The third kappa shape index (κ3) is 3.22. The lowest BCUT2D eigenvalue weighted by Gasteiger charge is -2.23. The summed E-state index contributed by atoms with van der Waals surface area (Å²) in [5.41, 5.74) is -0.0506. The number of alkyl halides is 3. The predicted octanol–water partition coefficient (Wildman–Crippen LogP) is 2.00. The van der Waals surface area contributed by atoms with E-state index in [1.165, 1.54) is 6.20 Å². The molecule has 2 aromatic heterocycles. The van der Waals surface area contributed by atoms with Gasteiger partial charge in [0, 0.05) is 31.5 Å². The van der Waals surface area contributed by atoms with Crippen molar-refractivity contribution in [1.29, 1.82) is 0 Å². The van der Waals surface area contributed by atoms with Crippen LogP contribution in [0.2, 0.25) is 0 Å². The lowest BCUT2D eigenvalue weighted by Crippen LogP contribution is -2.33. The summed E-state index contributed by atoms with van der Waals surface area (Å²) in [5, 5.41) is 7.53. The van der Waals surface area contributed by atoms with Crippen molar-refractivity contribution in [2.24, 2.45) is 7.05 Å². The van der Waals surface area contributed by atoms with Gasteiger partial charge in [0.15, 0.2) is 5.69 Å². The van der Waals surface area contributed by atoms with Crippen LogP contribution in [-0.2, 0) is 24.6 Å². The molecule has 23 heavy (non-hydrogen) atoms. The summed E-state index contributed by atoms with van der Waals surface area (Å²) < 4.78 is 40.3. The summed E-state index contributed by atoms with van der Waals surface area (Å²) in [6.45, 7) is 0.388. The molecule has 1 unspecified atom stereocenters. The molecule has 1 saturated heterocycles. The van der Waals surface area contributed by atoms with E-state index in [1.54, 1.807) is 22.8 Å². The van der Waals surface area contributed by atoms with Gasteiger partial charge in [0.05, 0.1) is 12.2 Å². The lowest BCUT2D eigenvalue weighted by atomic mass is 10.1. The Balaban J connectivity index is 1.71. The highest BCUT2D eigenvalue weighted by Gasteiger charge is 2.34. The van der Waals surface area contributed by atoms with Crippen molar-refractivity contribution in [1.82, 2.24) is 24.5 Å². The van der Waals surface area contributed by atoms with Crippen molar-refractivity contribution < 1.29 is 18.0 Å². The van der Waals surface area contributed by atoms with Crippen molar-refractivity contribution in [3.05, 3.63) is 35.9 Å². The van der Waals surface area contributed by atoms with E-state index in [9.17, 15) is 18.0 Å². The monoisotopic (exact) mass is 327 g/mol. The molecule has 1 aliphatic heterocycles. The second kappa shape index (κ2) is 5.71. The van der Waals surface area contributed by atoms with Crippen LogP contribution in [0.4, 0.5) is 13.2 Å². The molecular weight excluding hydrogens is 311 g/mol. The molecule has 6 nitrogen and oxygen atoms in total. The second-order valence-corrected chi connectivity index (χ2v) is 5.59. The van der Waals surface area contributed by atoms with E-state index < -0.39 is 11.9 Å². The number of nitrogens with zero attached hydrogens (tertiary/aromatic N) is 5. The number of hydrogen-bond acceptors (Lipinski definition) is 3. The van der Waals surface area contributed by atoms with Crippen molar-refractivity contribution in [3.8, 4) is 0 Å². The van der Waals surface area contributed by atoms with Crippen LogP contribution >= 0.6 is 0 Å². The zero-order chi connectivity index (χ0) is 16.6. The van der Waals surface area contributed by atoms with Crippen molar-refractivity contribution in [2.45, 2.75) is 31.6 Å². The molecule has 0 saturated carbocycles. The number of rotatable bonds is 3. The molecule has 0 N–H and O–H groups in total. The van der Waals surface area contributed by atoms with E-state index in [2.05, 4.69) is 10.2 Å². The van der Waals surface area contributed by atoms with Crippen molar-refractivity contribution >= 4 is 5.91 Å². The van der Waals surface area contributed by atoms with Gasteiger partial charge in [-0.2, -0.15) is 23.4 Å². The van der Waals surface area contributed by atoms with E-state index >= 15 is 0 Å². The Labute approximate surface area is 130 Å². The van der Waals surface area contributed by atoms with Gasteiger partial charge < -0.3 is 4.90 Å². The van der Waals surface area contributed by atoms with Crippen LogP contribution in [0.1, 0.15) is 30.1 Å². The number of hydrogen-bond donors (Lipinski definition) is 0. The molecule has 3 rings (SSSR count). The van der Waals surface area contributed by atoms with Gasteiger partial charge >= 0.3 is 6.18 Å². The van der Waals surface area contributed by atoms with Crippen LogP contribution in [-0.4, -0.2) is 36.9 Å². The van der Waals surface area contributed by atoms with E-state index in [4.69, 9.17) is 0 Å². The SMILES string of the molecule is Cn1cc(C2CCCN2C(=O)Cn2ccc(C(F)(F)F)n2)cn1. The van der Waals surface area contributed by atoms with E-state index in [1.807, 2.05) is 6.20 Å². The number of halogens is 3. The van der Waals surface area contributed by atoms with Gasteiger partial charge in [-0.25, -0.2) is 0 Å². The summed E-state index contributed by atoms with van der Waals surface area (Å²) >= 11 is 0. The predicted molar refractivity (Wildman–Crippen MR) is 74.1 cm³/mol. The average molecular weight is 327 g/mol. The van der Waals surface area contributed by atoms with Gasteiger partial charge in [0.25, 0.3) is 0 Å². The van der Waals surface area contributed by atoms with Crippen molar-refractivity contribution in [2.75, 3.05) is 6.54 Å². The standard InChI is InChI=1S/C14H16F3N5O/c1-20-8-10(7-18-20)11-3-2-5-22(11)13(23)9-21-6-4-12(19-21)14(15,16)17/h4,6-8,11H,2-3,5,9H2,1H3. The van der Waals surface area contributed by atoms with E-state index in [0.29, 0.717) is 6.54 Å². The molecule has 3 heterocycles. The van der Waals surface area contributed by atoms with E-state index in [-0.39, 0.29) is 18.5 Å². The smallest absolute Gasteiger partial charge is 0.334 e. The summed E-state index contributed by atoms with van der Waals surface area (Å²) in [4.78, 5) is 14.1. The first-order valence-corrected chi connectivity index (χ1v) is 7.23. The molecule has 2 aromatic rings. The van der Waals surface area contributed by atoms with Gasteiger partial charge in [0.1, 0.15) is 6.54 Å². The number of carbonyl (C=O) groups excluding carboxylic acids is 1. The molecule has 1 atom stereocenters. The number of amides is 1. The number of likely N-dealkylation sites (tertiary alicyclic amines) is 1. The molecule has 0 bridgehead atoms. The molecule has 0 spiro atoms. The molecule has 0 aromatic carbocycles. The lowest BCUT2D eigenvalue weighted by molar-refractivity contribution is -0.142. The second-order valence-electron chi connectivity index (χ2n) is 5.59. The van der Waals surface area contributed by atoms with Crippen molar-refractivity contribution in [3.63, 3.8) is 0 Å². The van der Waals surface area contributed by atoms with Crippen LogP contribution in [0.15, 0.2) is 24.7 Å². The first kappa shape index (κ1) is 15.6. The molecule has 9 heteroatoms. The average Bonchev–Trinajstić information content (AvgIpc) is 3.15. The van der Waals surface area contributed by atoms with Crippen LogP contribution in [0.25, 0.3) is 0 Å². The minimum Gasteiger partial charge on any atom is -0.334 e. The van der Waals surface area contributed by atoms with Crippen LogP contribution in [0, 0.1) is 0 Å². The van der Waals surface area contributed by atoms with Gasteiger partial charge in [0.2, 0.25) is 5.91 Å². The molecule has 1 amide bonds. The van der Waals surface area contributed by atoms with Crippen LogP contribution in [0.5, 0.6) is 0 Å². The first-order valence-electron chi connectivity index (χ1n) is 7.23. The topological polar surface area (TPSA) is 56.0 Å². The third-order valence-electron chi connectivity index (χ3n) is 3.91. The Morgan fingerprint density at radius 2 is 2.22 bits per heavy atom. The fraction of sp³-hybridized carbons (Fsp3) is 0.500. The minimum absolute atomic E-state index is 0.0751. The fourth-order valence-corrected chi connectivity index (χ4v) is 2.85. The third-order valence-corrected chi connectivity index (χ3v) is 3.91. The molecule has 0 radical (unpaired) electrons.